The van der Waals surface area contributed by atoms with Crippen LogP contribution in [-0.4, -0.2) is 4.86 Å². The van der Waals surface area contributed by atoms with E-state index in [1.807, 2.05) is 0 Å². The largest absolute Gasteiger partial charge is 0.0891 e. The summed E-state index contributed by atoms with van der Waals surface area (Å²) in [6.45, 7) is 10.9. The van der Waals surface area contributed by atoms with Gasteiger partial charge in [0.2, 0.25) is 0 Å². The third-order valence-electron chi connectivity index (χ3n) is 1.43. The van der Waals surface area contributed by atoms with Crippen LogP contribution >= 0.6 is 12.2 Å². The zero-order valence-electron chi connectivity index (χ0n) is 7.69. The summed E-state index contributed by atoms with van der Waals surface area (Å²) < 4.78 is 0. The van der Waals surface area contributed by atoms with E-state index in [0.29, 0.717) is 5.92 Å². The molecule has 0 heterocycles. The molecule has 0 spiro atoms. The second-order valence-corrected chi connectivity index (χ2v) is 4.76. The van der Waals surface area contributed by atoms with Crippen LogP contribution in [0, 0.1) is 11.3 Å². The van der Waals surface area contributed by atoms with Gasteiger partial charge < -0.3 is 0 Å². The summed E-state index contributed by atoms with van der Waals surface area (Å²) in [6.07, 6.45) is 1.08. The summed E-state index contributed by atoms with van der Waals surface area (Å²) in [5, 5.41) is 0. The summed E-state index contributed by atoms with van der Waals surface area (Å²) in [6, 6.07) is 0. The van der Waals surface area contributed by atoms with Crippen molar-refractivity contribution in [3.8, 4) is 0 Å². The summed E-state index contributed by atoms with van der Waals surface area (Å²) in [5.74, 6) is 0.701. The highest BCUT2D eigenvalue weighted by Gasteiger charge is 2.16. The van der Waals surface area contributed by atoms with E-state index in [9.17, 15) is 0 Å². The average Bonchev–Trinajstić information content (AvgIpc) is 1.60. The second-order valence-electron chi connectivity index (χ2n) is 4.27. The molecule has 0 aliphatic heterocycles. The first-order valence-corrected chi connectivity index (χ1v) is 4.28. The predicted molar refractivity (Wildman–Crippen MR) is 51.5 cm³/mol. The topological polar surface area (TPSA) is 0 Å². The summed E-state index contributed by atoms with van der Waals surface area (Å²) >= 11 is 5.27. The molecule has 0 fully saturated rings. The second kappa shape index (κ2) is 3.47. The lowest BCUT2D eigenvalue weighted by molar-refractivity contribution is 0.562. The molecule has 1 heteroatoms. The van der Waals surface area contributed by atoms with E-state index in [1.165, 1.54) is 4.86 Å². The Morgan fingerprint density at radius 2 is 1.70 bits per heavy atom. The number of hydrogen-bond acceptors (Lipinski definition) is 1. The molecule has 0 radical (unpaired) electrons. The van der Waals surface area contributed by atoms with Gasteiger partial charge in [-0.15, -0.1) is 0 Å². The third-order valence-corrected chi connectivity index (χ3v) is 2.21. The maximum Gasteiger partial charge on any atom is -0.00155 e. The van der Waals surface area contributed by atoms with Gasteiger partial charge in [0.25, 0.3) is 0 Å². The van der Waals surface area contributed by atoms with E-state index in [4.69, 9.17) is 12.2 Å². The fraction of sp³-hybridized carbons (Fsp3) is 0.889. The Morgan fingerprint density at radius 3 is 1.80 bits per heavy atom. The van der Waals surface area contributed by atoms with Crippen molar-refractivity contribution in [1.82, 2.24) is 0 Å². The molecule has 0 aliphatic carbocycles. The van der Waals surface area contributed by atoms with Crippen LogP contribution in [-0.2, 0) is 0 Å². The molecule has 0 aliphatic rings. The van der Waals surface area contributed by atoms with Crippen molar-refractivity contribution in [2.75, 3.05) is 0 Å². The Balaban J connectivity index is 3.87. The molecular weight excluding hydrogens is 140 g/mol. The van der Waals surface area contributed by atoms with Crippen molar-refractivity contribution in [2.45, 2.75) is 41.0 Å². The average molecular weight is 158 g/mol. The molecule has 60 valence electrons. The first-order chi connectivity index (χ1) is 4.34. The fourth-order valence-corrected chi connectivity index (χ4v) is 1.01. The van der Waals surface area contributed by atoms with Gasteiger partial charge in [-0.1, -0.05) is 46.8 Å². The SMILES string of the molecule is CC(C)CC(=S)C(C)(C)C. The maximum absolute atomic E-state index is 5.27. The summed E-state index contributed by atoms with van der Waals surface area (Å²) in [5.41, 5.74) is 0.222. The highest BCUT2D eigenvalue weighted by molar-refractivity contribution is 7.80. The van der Waals surface area contributed by atoms with Gasteiger partial charge in [-0.3, -0.25) is 0 Å². The van der Waals surface area contributed by atoms with Crippen LogP contribution in [0.15, 0.2) is 0 Å². The number of hydrogen-bond donors (Lipinski definition) is 0. The Hall–Kier alpha value is 0.0900. The Kier molecular flexibility index (Phi) is 3.50. The van der Waals surface area contributed by atoms with E-state index in [2.05, 4.69) is 34.6 Å². The van der Waals surface area contributed by atoms with Gasteiger partial charge in [0.05, 0.1) is 0 Å². The summed E-state index contributed by atoms with van der Waals surface area (Å²) in [7, 11) is 0. The molecule has 0 amide bonds. The van der Waals surface area contributed by atoms with Crippen LogP contribution in [0.4, 0.5) is 0 Å². The monoisotopic (exact) mass is 158 g/mol. The van der Waals surface area contributed by atoms with Crippen molar-refractivity contribution < 1.29 is 0 Å². The zero-order chi connectivity index (χ0) is 8.36. The fourth-order valence-electron chi connectivity index (χ4n) is 0.677. The normalized spacial score (nSPS) is 12.2. The minimum atomic E-state index is 0.222. The number of rotatable bonds is 2. The molecule has 0 rings (SSSR count). The van der Waals surface area contributed by atoms with Crippen molar-refractivity contribution in [1.29, 1.82) is 0 Å². The lowest BCUT2D eigenvalue weighted by Gasteiger charge is -2.21. The van der Waals surface area contributed by atoms with Crippen LogP contribution in [0.5, 0.6) is 0 Å². The van der Waals surface area contributed by atoms with Gasteiger partial charge in [-0.05, 0) is 22.6 Å². The molecule has 0 nitrogen and oxygen atoms in total. The lowest BCUT2D eigenvalue weighted by Crippen LogP contribution is -2.19. The molecule has 0 aromatic carbocycles. The molecule has 0 atom stereocenters. The smallest absolute Gasteiger partial charge is 0.00155 e. The van der Waals surface area contributed by atoms with Crippen LogP contribution in [0.2, 0.25) is 0 Å². The molecule has 0 aromatic rings. The molecular formula is C9H18S. The van der Waals surface area contributed by atoms with Gasteiger partial charge in [0.1, 0.15) is 0 Å². The van der Waals surface area contributed by atoms with Crippen LogP contribution in [0.1, 0.15) is 41.0 Å². The highest BCUT2D eigenvalue weighted by Crippen LogP contribution is 2.21. The predicted octanol–water partition coefficient (Wildman–Crippen LogP) is 3.45. The highest BCUT2D eigenvalue weighted by atomic mass is 32.1. The van der Waals surface area contributed by atoms with E-state index in [0.717, 1.165) is 6.42 Å². The van der Waals surface area contributed by atoms with Gasteiger partial charge in [-0.25, -0.2) is 0 Å². The van der Waals surface area contributed by atoms with Crippen molar-refractivity contribution >= 4 is 17.1 Å². The minimum absolute atomic E-state index is 0.222. The third kappa shape index (κ3) is 3.99. The van der Waals surface area contributed by atoms with Gasteiger partial charge in [-0.2, -0.15) is 0 Å². The Bertz CT molecular complexity index is 117. The molecule has 0 bridgehead atoms. The van der Waals surface area contributed by atoms with Crippen LogP contribution in [0.3, 0.4) is 0 Å². The molecule has 0 unspecified atom stereocenters. The molecule has 0 saturated carbocycles. The van der Waals surface area contributed by atoms with E-state index in [-0.39, 0.29) is 5.41 Å². The van der Waals surface area contributed by atoms with E-state index >= 15 is 0 Å². The molecule has 0 N–H and O–H groups in total. The Morgan fingerprint density at radius 1 is 1.30 bits per heavy atom. The Labute approximate surface area is 70.0 Å². The minimum Gasteiger partial charge on any atom is -0.0891 e. The first-order valence-electron chi connectivity index (χ1n) is 3.87. The van der Waals surface area contributed by atoms with Crippen LogP contribution in [0.25, 0.3) is 0 Å². The summed E-state index contributed by atoms with van der Waals surface area (Å²) in [4.78, 5) is 1.20. The lowest BCUT2D eigenvalue weighted by atomic mass is 9.87. The van der Waals surface area contributed by atoms with E-state index in [1.54, 1.807) is 0 Å². The van der Waals surface area contributed by atoms with E-state index < -0.39 is 0 Å². The maximum atomic E-state index is 5.27. The van der Waals surface area contributed by atoms with Gasteiger partial charge in [0, 0.05) is 0 Å². The van der Waals surface area contributed by atoms with Crippen molar-refractivity contribution in [3.63, 3.8) is 0 Å². The molecule has 10 heavy (non-hydrogen) atoms. The van der Waals surface area contributed by atoms with Crippen LogP contribution < -0.4 is 0 Å². The quantitative estimate of drug-likeness (QED) is 0.555. The number of thiocarbonyl (C=S) groups is 1. The van der Waals surface area contributed by atoms with Crippen molar-refractivity contribution in [2.24, 2.45) is 11.3 Å². The standard InChI is InChI=1S/C9H18S/c1-7(2)6-8(10)9(3,4)5/h7H,6H2,1-5H3. The first kappa shape index (κ1) is 10.1. The molecule has 0 aromatic heterocycles. The van der Waals surface area contributed by atoms with Crippen molar-refractivity contribution in [3.05, 3.63) is 0 Å². The molecule has 0 saturated heterocycles. The zero-order valence-corrected chi connectivity index (χ0v) is 8.51. The van der Waals surface area contributed by atoms with Gasteiger partial charge >= 0.3 is 0 Å². The van der Waals surface area contributed by atoms with Gasteiger partial charge in [0.15, 0.2) is 0 Å².